The number of hydrogen-bond donors (Lipinski definition) is 1. The first kappa shape index (κ1) is 20.7. The van der Waals surface area contributed by atoms with E-state index in [0.29, 0.717) is 18.2 Å². The smallest absolute Gasteiger partial charge is 0.231 e. The van der Waals surface area contributed by atoms with Gasteiger partial charge in [-0.05, 0) is 31.0 Å². The van der Waals surface area contributed by atoms with Crippen LogP contribution in [0.3, 0.4) is 0 Å². The Labute approximate surface area is 162 Å². The molecule has 1 N–H and O–H groups in total. The van der Waals surface area contributed by atoms with Gasteiger partial charge in [0.25, 0.3) is 0 Å². The van der Waals surface area contributed by atoms with Crippen molar-refractivity contribution in [3.8, 4) is 0 Å². The van der Waals surface area contributed by atoms with Gasteiger partial charge in [-0.3, -0.25) is 9.59 Å². The summed E-state index contributed by atoms with van der Waals surface area (Å²) in [6, 6.07) is 5.06. The summed E-state index contributed by atoms with van der Waals surface area (Å²) in [6.45, 7) is 6.47. The number of Topliss-reactive ketones (excluding diaryl/α,β-unsaturated/α-hetero) is 1. The molecule has 142 valence electrons. The molecule has 0 saturated heterocycles. The van der Waals surface area contributed by atoms with Gasteiger partial charge in [-0.15, -0.1) is 0 Å². The van der Waals surface area contributed by atoms with Gasteiger partial charge in [0.1, 0.15) is 0 Å². The number of imidazole rings is 1. The molecule has 1 aromatic carbocycles. The van der Waals surface area contributed by atoms with Gasteiger partial charge in [-0.25, -0.2) is 4.98 Å². The lowest BCUT2D eigenvalue weighted by Gasteiger charge is -2.19. The minimum Gasteiger partial charge on any atom is -0.383 e. The van der Waals surface area contributed by atoms with Gasteiger partial charge < -0.3 is 14.6 Å². The number of rotatable bonds is 9. The van der Waals surface area contributed by atoms with Crippen LogP contribution in [0.4, 0.5) is 0 Å². The van der Waals surface area contributed by atoms with Crippen molar-refractivity contribution < 1.29 is 14.3 Å². The van der Waals surface area contributed by atoms with Gasteiger partial charge >= 0.3 is 0 Å². The zero-order valence-electron chi connectivity index (χ0n) is 15.4. The molecule has 0 saturated carbocycles. The normalized spacial score (nSPS) is 12.5. The summed E-state index contributed by atoms with van der Waals surface area (Å²) in [5, 5.41) is 4.14. The lowest BCUT2D eigenvalue weighted by Crippen LogP contribution is -2.44. The van der Waals surface area contributed by atoms with Gasteiger partial charge in [0.15, 0.2) is 10.9 Å². The van der Waals surface area contributed by atoms with E-state index in [0.717, 1.165) is 16.2 Å². The summed E-state index contributed by atoms with van der Waals surface area (Å²) in [4.78, 5) is 28.5. The molecule has 0 bridgehead atoms. The quantitative estimate of drug-likeness (QED) is 0.658. The second-order valence-electron chi connectivity index (χ2n) is 6.36. The largest absolute Gasteiger partial charge is 0.383 e. The number of benzene rings is 1. The Kier molecular flexibility index (Phi) is 7.49. The first-order chi connectivity index (χ1) is 12.3. The van der Waals surface area contributed by atoms with Crippen LogP contribution >= 0.6 is 23.4 Å². The van der Waals surface area contributed by atoms with Gasteiger partial charge in [0.2, 0.25) is 5.91 Å². The first-order valence-electron chi connectivity index (χ1n) is 8.40. The lowest BCUT2D eigenvalue weighted by atomic mass is 10.0. The number of fused-ring (bicyclic) bond motifs is 1. The number of nitrogens with zero attached hydrogens (tertiary/aromatic N) is 2. The van der Waals surface area contributed by atoms with E-state index < -0.39 is 6.04 Å². The second-order valence-corrected chi connectivity index (χ2v) is 7.74. The molecule has 0 aliphatic carbocycles. The third-order valence-corrected chi connectivity index (χ3v) is 5.16. The standard InChI is InChI=1S/C18H24ClN3O3S/c1-11(2)17(12(3)23)21-16(24)10-26-18-20-14-9-13(19)5-6-15(14)22(18)7-8-25-4/h5-6,9,11,17H,7-8,10H2,1-4H3,(H,21,24)/t17-/m0/s1. The first-order valence-corrected chi connectivity index (χ1v) is 9.77. The van der Waals surface area contributed by atoms with Crippen LogP contribution in [0, 0.1) is 5.92 Å². The van der Waals surface area contributed by atoms with Crippen molar-refractivity contribution in [1.29, 1.82) is 0 Å². The summed E-state index contributed by atoms with van der Waals surface area (Å²) < 4.78 is 7.18. The van der Waals surface area contributed by atoms with E-state index in [1.807, 2.05) is 30.5 Å². The van der Waals surface area contributed by atoms with Crippen LogP contribution in [-0.2, 0) is 20.9 Å². The summed E-state index contributed by atoms with van der Waals surface area (Å²) in [6.07, 6.45) is 0. The van der Waals surface area contributed by atoms with Crippen LogP contribution in [0.2, 0.25) is 5.02 Å². The van der Waals surface area contributed by atoms with Crippen LogP contribution in [0.15, 0.2) is 23.4 Å². The average Bonchev–Trinajstić information content (AvgIpc) is 2.91. The predicted octanol–water partition coefficient (Wildman–Crippen LogP) is 3.16. The molecule has 0 unspecified atom stereocenters. The molecular formula is C18H24ClN3O3S. The number of aromatic nitrogens is 2. The molecule has 6 nitrogen and oxygen atoms in total. The third kappa shape index (κ3) is 5.22. The number of methoxy groups -OCH3 is 1. The van der Waals surface area contributed by atoms with E-state index in [9.17, 15) is 9.59 Å². The van der Waals surface area contributed by atoms with E-state index in [4.69, 9.17) is 16.3 Å². The van der Waals surface area contributed by atoms with Crippen molar-refractivity contribution >= 4 is 46.1 Å². The molecule has 0 aliphatic rings. The third-order valence-electron chi connectivity index (χ3n) is 3.95. The van der Waals surface area contributed by atoms with Gasteiger partial charge in [0, 0.05) is 18.7 Å². The number of ketones is 1. The summed E-state index contributed by atoms with van der Waals surface area (Å²) >= 11 is 7.38. The molecule has 1 amide bonds. The fourth-order valence-corrected chi connectivity index (χ4v) is 3.69. The van der Waals surface area contributed by atoms with Crippen molar-refractivity contribution in [3.05, 3.63) is 23.2 Å². The van der Waals surface area contributed by atoms with Crippen molar-refractivity contribution in [2.45, 2.75) is 38.5 Å². The zero-order chi connectivity index (χ0) is 19.3. The molecular weight excluding hydrogens is 374 g/mol. The molecule has 2 rings (SSSR count). The summed E-state index contributed by atoms with van der Waals surface area (Å²) in [5.74, 6) is 0.00282. The summed E-state index contributed by atoms with van der Waals surface area (Å²) in [7, 11) is 1.64. The van der Waals surface area contributed by atoms with E-state index in [-0.39, 0.29) is 23.4 Å². The summed E-state index contributed by atoms with van der Waals surface area (Å²) in [5.41, 5.74) is 1.72. The fraction of sp³-hybridized carbons (Fsp3) is 0.500. The lowest BCUT2D eigenvalue weighted by molar-refractivity contribution is -0.126. The number of carbonyl (C=O) groups is 2. The van der Waals surface area contributed by atoms with Crippen molar-refractivity contribution in [1.82, 2.24) is 14.9 Å². The van der Waals surface area contributed by atoms with Crippen molar-refractivity contribution in [2.75, 3.05) is 19.5 Å². The molecule has 1 aromatic heterocycles. The molecule has 0 spiro atoms. The molecule has 0 aliphatic heterocycles. The van der Waals surface area contributed by atoms with E-state index in [1.54, 1.807) is 13.2 Å². The van der Waals surface area contributed by atoms with Crippen molar-refractivity contribution in [2.24, 2.45) is 5.92 Å². The highest BCUT2D eigenvalue weighted by atomic mass is 35.5. The monoisotopic (exact) mass is 397 g/mol. The molecule has 2 aromatic rings. The topological polar surface area (TPSA) is 73.2 Å². The predicted molar refractivity (Wildman–Crippen MR) is 105 cm³/mol. The molecule has 26 heavy (non-hydrogen) atoms. The maximum Gasteiger partial charge on any atom is 0.231 e. The van der Waals surface area contributed by atoms with Crippen LogP contribution in [0.25, 0.3) is 11.0 Å². The minimum atomic E-state index is -0.464. The Morgan fingerprint density at radius 2 is 2.12 bits per heavy atom. The maximum atomic E-state index is 12.3. The van der Waals surface area contributed by atoms with Crippen molar-refractivity contribution in [3.63, 3.8) is 0 Å². The number of ether oxygens (including phenoxy) is 1. The van der Waals surface area contributed by atoms with Gasteiger partial charge in [-0.2, -0.15) is 0 Å². The minimum absolute atomic E-state index is 0.0414. The highest BCUT2D eigenvalue weighted by molar-refractivity contribution is 7.99. The Morgan fingerprint density at radius 1 is 1.38 bits per heavy atom. The highest BCUT2D eigenvalue weighted by Gasteiger charge is 2.21. The molecule has 1 heterocycles. The van der Waals surface area contributed by atoms with E-state index >= 15 is 0 Å². The number of nitrogens with one attached hydrogen (secondary N) is 1. The molecule has 1 atom stereocenters. The van der Waals surface area contributed by atoms with Crippen LogP contribution in [0.5, 0.6) is 0 Å². The molecule has 0 radical (unpaired) electrons. The number of thioether (sulfide) groups is 1. The number of carbonyl (C=O) groups excluding carboxylic acids is 2. The Morgan fingerprint density at radius 3 is 2.73 bits per heavy atom. The number of hydrogen-bond acceptors (Lipinski definition) is 5. The average molecular weight is 398 g/mol. The van der Waals surface area contributed by atoms with E-state index in [1.165, 1.54) is 18.7 Å². The Hall–Kier alpha value is -1.57. The maximum absolute atomic E-state index is 12.3. The van der Waals surface area contributed by atoms with Crippen LogP contribution in [-0.4, -0.2) is 46.8 Å². The highest BCUT2D eigenvalue weighted by Crippen LogP contribution is 2.26. The van der Waals surface area contributed by atoms with Gasteiger partial charge in [0.05, 0.1) is 29.4 Å². The fourth-order valence-electron chi connectivity index (χ4n) is 2.67. The molecule has 8 heteroatoms. The second kappa shape index (κ2) is 9.39. The Bertz CT molecular complexity index is 791. The SMILES string of the molecule is COCCn1c(SCC(=O)N[C@H](C(C)=O)C(C)C)nc2cc(Cl)ccc21. The molecule has 0 fully saturated rings. The van der Waals surface area contributed by atoms with Crippen LogP contribution < -0.4 is 5.32 Å². The zero-order valence-corrected chi connectivity index (χ0v) is 17.0. The number of halogens is 1. The van der Waals surface area contributed by atoms with Gasteiger partial charge in [-0.1, -0.05) is 37.2 Å². The van der Waals surface area contributed by atoms with Crippen LogP contribution in [0.1, 0.15) is 20.8 Å². The van der Waals surface area contributed by atoms with E-state index in [2.05, 4.69) is 10.3 Å². The Balaban J connectivity index is 2.14. The number of amides is 1.